The zero-order chi connectivity index (χ0) is 18.8. The van der Waals surface area contributed by atoms with Crippen LogP contribution in [0.25, 0.3) is 10.9 Å². The van der Waals surface area contributed by atoms with Crippen molar-refractivity contribution in [3.8, 4) is 0 Å². The summed E-state index contributed by atoms with van der Waals surface area (Å²) in [6, 6.07) is 5.93. The van der Waals surface area contributed by atoms with Gasteiger partial charge in [-0.05, 0) is 37.0 Å². The van der Waals surface area contributed by atoms with Crippen LogP contribution in [0, 0.1) is 0 Å². The third-order valence-corrected chi connectivity index (χ3v) is 9.50. The second kappa shape index (κ2) is 7.35. The molecule has 0 aliphatic carbocycles. The number of aromatic nitrogens is 2. The molecule has 1 aromatic carbocycles. The normalized spacial score (nSPS) is 13.3. The predicted octanol–water partition coefficient (Wildman–Crippen LogP) is 5.24. The molecular formula is C18H25BrN4OSi. The lowest BCUT2D eigenvalue weighted by atomic mass is 10.2. The fourth-order valence-electron chi connectivity index (χ4n) is 1.95. The predicted molar refractivity (Wildman–Crippen MR) is 112 cm³/mol. The van der Waals surface area contributed by atoms with E-state index in [4.69, 9.17) is 4.43 Å². The van der Waals surface area contributed by atoms with E-state index in [1.54, 1.807) is 10.9 Å². The molecule has 0 atom stereocenters. The van der Waals surface area contributed by atoms with Gasteiger partial charge in [-0.1, -0.05) is 49.3 Å². The smallest absolute Gasteiger partial charge is 0.250 e. The van der Waals surface area contributed by atoms with Gasteiger partial charge in [0.2, 0.25) is 0 Å². The molecule has 2 aromatic rings. The minimum absolute atomic E-state index is 0.140. The molecule has 7 heteroatoms. The lowest BCUT2D eigenvalue weighted by Gasteiger charge is -2.36. The first-order valence-corrected chi connectivity index (χ1v) is 11.8. The molecule has 0 bridgehead atoms. The van der Waals surface area contributed by atoms with Gasteiger partial charge >= 0.3 is 0 Å². The van der Waals surface area contributed by atoms with Crippen molar-refractivity contribution < 1.29 is 4.43 Å². The lowest BCUT2D eigenvalue weighted by Crippen LogP contribution is -2.41. The van der Waals surface area contributed by atoms with Crippen LogP contribution in [-0.4, -0.2) is 37.4 Å². The minimum atomic E-state index is -1.85. The lowest BCUT2D eigenvalue weighted by molar-refractivity contribution is 0.318. The Balaban J connectivity index is 2.23. The molecule has 2 rings (SSSR count). The number of nitrogens with zero attached hydrogens (tertiary/aromatic N) is 4. The van der Waals surface area contributed by atoms with Gasteiger partial charge in [-0.25, -0.2) is 9.98 Å². The third-order valence-electron chi connectivity index (χ3n) is 4.53. The maximum Gasteiger partial charge on any atom is 0.250 e. The van der Waals surface area contributed by atoms with Crippen LogP contribution in [0.5, 0.6) is 0 Å². The van der Waals surface area contributed by atoms with E-state index in [1.165, 1.54) is 0 Å². The molecule has 0 saturated heterocycles. The summed E-state index contributed by atoms with van der Waals surface area (Å²) in [6.07, 6.45) is 1.78. The fraction of sp³-hybridized carbons (Fsp3) is 0.389. The summed E-state index contributed by atoms with van der Waals surface area (Å²) >= 11 is 3.48. The standard InChI is InChI=1S/C18H25BrN4OSi/c1-13(12-24-25(6,7)18(2,3)4)22-17(20-5)23-16-10-15(19)9-8-14(16)11-21-23/h8-11H,1,5,12H2,2-4,6-7H3/b22-17+. The number of fused-ring (bicyclic) bond motifs is 1. The third kappa shape index (κ3) is 4.53. The van der Waals surface area contributed by atoms with Gasteiger partial charge < -0.3 is 4.43 Å². The summed E-state index contributed by atoms with van der Waals surface area (Å²) < 4.78 is 8.78. The average Bonchev–Trinajstić information content (AvgIpc) is 2.92. The zero-order valence-electron chi connectivity index (χ0n) is 15.5. The van der Waals surface area contributed by atoms with Gasteiger partial charge in [-0.15, -0.1) is 0 Å². The summed E-state index contributed by atoms with van der Waals surface area (Å²) in [4.78, 5) is 8.50. The quantitative estimate of drug-likeness (QED) is 0.385. The molecule has 0 unspecified atom stereocenters. The van der Waals surface area contributed by atoms with Gasteiger partial charge in [-0.2, -0.15) is 9.78 Å². The van der Waals surface area contributed by atoms with E-state index >= 15 is 0 Å². The molecule has 0 aliphatic rings. The largest absolute Gasteiger partial charge is 0.411 e. The van der Waals surface area contributed by atoms with Crippen LogP contribution < -0.4 is 0 Å². The highest BCUT2D eigenvalue weighted by atomic mass is 79.9. The number of hydrogen-bond acceptors (Lipinski definition) is 3. The number of benzene rings is 1. The second-order valence-corrected chi connectivity index (χ2v) is 13.2. The number of hydrogen-bond donors (Lipinski definition) is 0. The van der Waals surface area contributed by atoms with Crippen molar-refractivity contribution in [2.24, 2.45) is 9.98 Å². The Kier molecular flexibility index (Phi) is 5.81. The summed E-state index contributed by atoms with van der Waals surface area (Å²) in [5, 5.41) is 5.51. The summed E-state index contributed by atoms with van der Waals surface area (Å²) in [7, 11) is -1.85. The van der Waals surface area contributed by atoms with Crippen LogP contribution in [-0.2, 0) is 4.43 Å². The van der Waals surface area contributed by atoms with Crippen molar-refractivity contribution in [1.82, 2.24) is 9.78 Å². The van der Waals surface area contributed by atoms with Crippen molar-refractivity contribution in [1.29, 1.82) is 0 Å². The molecule has 25 heavy (non-hydrogen) atoms. The van der Waals surface area contributed by atoms with Crippen molar-refractivity contribution in [2.75, 3.05) is 6.61 Å². The zero-order valence-corrected chi connectivity index (χ0v) is 18.1. The molecule has 0 spiro atoms. The maximum absolute atomic E-state index is 6.16. The molecule has 134 valence electrons. The van der Waals surface area contributed by atoms with E-state index < -0.39 is 8.32 Å². The molecule has 0 radical (unpaired) electrons. The van der Waals surface area contributed by atoms with Crippen molar-refractivity contribution >= 4 is 47.8 Å². The number of halogens is 1. The summed E-state index contributed by atoms with van der Waals surface area (Å²) in [5.74, 6) is 0.386. The first-order valence-electron chi connectivity index (χ1n) is 8.06. The fourth-order valence-corrected chi connectivity index (χ4v) is 3.26. The van der Waals surface area contributed by atoms with Crippen LogP contribution in [0.3, 0.4) is 0 Å². The first-order chi connectivity index (χ1) is 11.5. The molecule has 1 heterocycles. The molecule has 0 amide bonds. The number of rotatable bonds is 4. The van der Waals surface area contributed by atoms with Crippen LogP contribution in [0.15, 0.2) is 51.1 Å². The molecule has 0 aliphatic heterocycles. The van der Waals surface area contributed by atoms with Gasteiger partial charge in [0.25, 0.3) is 5.96 Å². The summed E-state index contributed by atoms with van der Waals surface area (Å²) in [6.45, 7) is 19.0. The summed E-state index contributed by atoms with van der Waals surface area (Å²) in [5.41, 5.74) is 1.50. The first kappa shape index (κ1) is 19.7. The molecule has 5 nitrogen and oxygen atoms in total. The minimum Gasteiger partial charge on any atom is -0.411 e. The van der Waals surface area contributed by atoms with Crippen molar-refractivity contribution in [3.63, 3.8) is 0 Å². The van der Waals surface area contributed by atoms with E-state index in [0.29, 0.717) is 18.3 Å². The molecule has 0 fully saturated rings. The highest BCUT2D eigenvalue weighted by Gasteiger charge is 2.37. The van der Waals surface area contributed by atoms with E-state index in [9.17, 15) is 0 Å². The Bertz CT molecular complexity index is 833. The highest BCUT2D eigenvalue weighted by molar-refractivity contribution is 9.10. The highest BCUT2D eigenvalue weighted by Crippen LogP contribution is 2.36. The Hall–Kier alpha value is -1.57. The molecule has 0 N–H and O–H groups in total. The van der Waals surface area contributed by atoms with Crippen molar-refractivity contribution in [3.05, 3.63) is 41.1 Å². The van der Waals surface area contributed by atoms with Crippen molar-refractivity contribution in [2.45, 2.75) is 38.9 Å². The van der Waals surface area contributed by atoms with Crippen LogP contribution >= 0.6 is 15.9 Å². The van der Waals surface area contributed by atoms with Gasteiger partial charge in [0, 0.05) is 9.86 Å². The molecular weight excluding hydrogens is 396 g/mol. The van der Waals surface area contributed by atoms with Gasteiger partial charge in [0.15, 0.2) is 8.32 Å². The number of aliphatic imine (C=N–C) groups is 2. The van der Waals surface area contributed by atoms with Crippen LogP contribution in [0.1, 0.15) is 20.8 Å². The topological polar surface area (TPSA) is 51.8 Å². The molecule has 1 aromatic heterocycles. The Morgan fingerprint density at radius 1 is 1.36 bits per heavy atom. The van der Waals surface area contributed by atoms with E-state index in [0.717, 1.165) is 15.4 Å². The Labute approximate surface area is 158 Å². The monoisotopic (exact) mass is 420 g/mol. The Morgan fingerprint density at radius 2 is 2.04 bits per heavy atom. The SMILES string of the molecule is C=N/C(=N\C(=C)CO[Si](C)(C)C(C)(C)C)n1ncc2ccc(Br)cc21. The van der Waals surface area contributed by atoms with E-state index in [-0.39, 0.29) is 5.04 Å². The van der Waals surface area contributed by atoms with Gasteiger partial charge in [-0.3, -0.25) is 0 Å². The van der Waals surface area contributed by atoms with Crippen LogP contribution in [0.2, 0.25) is 18.1 Å². The maximum atomic E-state index is 6.16. The average molecular weight is 421 g/mol. The van der Waals surface area contributed by atoms with Gasteiger partial charge in [0.1, 0.15) is 0 Å². The van der Waals surface area contributed by atoms with Crippen LogP contribution in [0.4, 0.5) is 0 Å². The van der Waals surface area contributed by atoms with E-state index in [1.807, 2.05) is 18.2 Å². The van der Waals surface area contributed by atoms with E-state index in [2.05, 4.69) is 78.2 Å². The van der Waals surface area contributed by atoms with Gasteiger partial charge in [0.05, 0.1) is 24.0 Å². The Morgan fingerprint density at radius 3 is 2.64 bits per heavy atom. The molecule has 0 saturated carbocycles. The second-order valence-electron chi connectivity index (χ2n) is 7.44.